The Morgan fingerprint density at radius 1 is 0.929 bits per heavy atom. The molecule has 4 rings (SSSR count). The first-order valence-corrected chi connectivity index (χ1v) is 12.1. The minimum atomic E-state index is -4.71. The van der Waals surface area contributed by atoms with Crippen molar-refractivity contribution >= 4 is 40.9 Å². The van der Waals surface area contributed by atoms with Gasteiger partial charge in [0.1, 0.15) is 23.0 Å². The Morgan fingerprint density at radius 3 is 2.24 bits per heavy atom. The number of nitrogens with one attached hydrogen (secondary N) is 2. The van der Waals surface area contributed by atoms with E-state index in [4.69, 9.17) is 27.2 Å². The molecular formula is C28H21ClF4N4O5. The van der Waals surface area contributed by atoms with E-state index in [9.17, 15) is 31.9 Å². The lowest BCUT2D eigenvalue weighted by molar-refractivity contribution is -0.137. The number of pyridine rings is 1. The molecule has 0 spiro atoms. The molecule has 4 aromatic rings. The van der Waals surface area contributed by atoms with Crippen molar-refractivity contribution < 1.29 is 41.8 Å². The Hall–Kier alpha value is -5.17. The summed E-state index contributed by atoms with van der Waals surface area (Å²) in [7, 11) is 0. The van der Waals surface area contributed by atoms with Crippen molar-refractivity contribution in [3.63, 3.8) is 0 Å². The second-order valence-corrected chi connectivity index (χ2v) is 8.72. The number of ether oxygens (including phenoxy) is 1. The van der Waals surface area contributed by atoms with E-state index in [0.29, 0.717) is 6.07 Å². The third kappa shape index (κ3) is 9.48. The van der Waals surface area contributed by atoms with Crippen LogP contribution in [-0.2, 0) is 17.4 Å². The molecule has 5 N–H and O–H groups in total. The molecule has 14 heteroatoms. The Labute approximate surface area is 240 Å². The van der Waals surface area contributed by atoms with E-state index in [-0.39, 0.29) is 35.0 Å². The second-order valence-electron chi connectivity index (χ2n) is 8.31. The van der Waals surface area contributed by atoms with E-state index in [2.05, 4.69) is 15.6 Å². The van der Waals surface area contributed by atoms with Gasteiger partial charge < -0.3 is 26.2 Å². The molecular weight excluding hydrogens is 584 g/mol. The van der Waals surface area contributed by atoms with Crippen LogP contribution in [0.2, 0.25) is 5.02 Å². The third-order valence-corrected chi connectivity index (χ3v) is 5.47. The number of alkyl halides is 3. The predicted molar refractivity (Wildman–Crippen MR) is 146 cm³/mol. The third-order valence-electron chi connectivity index (χ3n) is 5.14. The number of anilines is 2. The van der Waals surface area contributed by atoms with Crippen molar-refractivity contribution in [2.24, 2.45) is 5.73 Å². The highest BCUT2D eigenvalue weighted by molar-refractivity contribution is 6.31. The van der Waals surface area contributed by atoms with Crippen molar-refractivity contribution in [2.75, 3.05) is 10.6 Å². The zero-order valence-corrected chi connectivity index (χ0v) is 22.0. The van der Waals surface area contributed by atoms with Gasteiger partial charge in [-0.1, -0.05) is 41.9 Å². The van der Waals surface area contributed by atoms with Crippen molar-refractivity contribution in [3.05, 3.63) is 113 Å². The fourth-order valence-corrected chi connectivity index (χ4v) is 3.51. The Kier molecular flexibility index (Phi) is 10.4. The lowest BCUT2D eigenvalue weighted by Crippen LogP contribution is -2.20. The van der Waals surface area contributed by atoms with Gasteiger partial charge in [-0.25, -0.2) is 9.18 Å². The molecule has 1 aromatic heterocycles. The van der Waals surface area contributed by atoms with Crippen LogP contribution in [0.15, 0.2) is 85.1 Å². The molecule has 0 saturated carbocycles. The van der Waals surface area contributed by atoms with Crippen molar-refractivity contribution in [3.8, 4) is 11.5 Å². The van der Waals surface area contributed by atoms with Crippen LogP contribution in [0.25, 0.3) is 0 Å². The van der Waals surface area contributed by atoms with Crippen LogP contribution in [0.5, 0.6) is 11.5 Å². The summed E-state index contributed by atoms with van der Waals surface area (Å²) in [5.41, 5.74) is 4.35. The summed E-state index contributed by atoms with van der Waals surface area (Å²) in [6.45, 7) is 0. The number of primary amides is 1. The number of urea groups is 1. The minimum Gasteiger partial charge on any atom is -0.481 e. The summed E-state index contributed by atoms with van der Waals surface area (Å²) in [5, 5.41) is 12.2. The first-order valence-electron chi connectivity index (χ1n) is 11.8. The molecule has 0 aliphatic rings. The number of aromatic nitrogens is 1. The number of carbonyl (C=O) groups excluding carboxylic acids is 2. The Balaban J connectivity index is 0.000000408. The van der Waals surface area contributed by atoms with Crippen molar-refractivity contribution in [1.82, 2.24) is 4.98 Å². The van der Waals surface area contributed by atoms with Crippen LogP contribution in [0.1, 0.15) is 21.6 Å². The van der Waals surface area contributed by atoms with Crippen LogP contribution < -0.4 is 21.1 Å². The van der Waals surface area contributed by atoms with Gasteiger partial charge in [0, 0.05) is 24.0 Å². The molecule has 3 amide bonds. The van der Waals surface area contributed by atoms with Crippen LogP contribution in [0.3, 0.4) is 0 Å². The van der Waals surface area contributed by atoms with Crippen LogP contribution in [0, 0.1) is 5.82 Å². The molecule has 0 atom stereocenters. The molecule has 0 aliphatic heterocycles. The maximum Gasteiger partial charge on any atom is 0.417 e. The van der Waals surface area contributed by atoms with Gasteiger partial charge in [0.15, 0.2) is 0 Å². The molecule has 3 aromatic carbocycles. The molecule has 0 aliphatic carbocycles. The molecule has 0 bridgehead atoms. The standard InChI is InChI=1S/C20H13ClF4N4O3.C8H8O2/c21-14-3-1-10(7-13(14)20(23,24)25)28-19(31)29-16-4-2-11(8-15(16)22)32-12-5-6-27-17(9-12)18(26)30;9-8(10)6-7-4-2-1-3-5-7/h1-9H,(H2,26,30)(H2,28,29,31);1-5H,6H2,(H,9,10). The van der Waals surface area contributed by atoms with Gasteiger partial charge >= 0.3 is 18.2 Å². The average Bonchev–Trinajstić information content (AvgIpc) is 2.91. The molecule has 9 nitrogen and oxygen atoms in total. The number of carboxylic acids is 1. The highest BCUT2D eigenvalue weighted by Crippen LogP contribution is 2.36. The monoisotopic (exact) mass is 604 g/mol. The van der Waals surface area contributed by atoms with Crippen LogP contribution in [-0.4, -0.2) is 28.0 Å². The topological polar surface area (TPSA) is 144 Å². The molecule has 0 fully saturated rings. The fraction of sp³-hybridized carbons (Fsp3) is 0.0714. The average molecular weight is 605 g/mol. The highest BCUT2D eigenvalue weighted by atomic mass is 35.5. The van der Waals surface area contributed by atoms with E-state index in [1.165, 1.54) is 36.5 Å². The lowest BCUT2D eigenvalue weighted by Gasteiger charge is -2.13. The van der Waals surface area contributed by atoms with E-state index in [0.717, 1.165) is 17.7 Å². The van der Waals surface area contributed by atoms with Crippen molar-refractivity contribution in [2.45, 2.75) is 12.6 Å². The summed E-state index contributed by atoms with van der Waals surface area (Å²) < 4.78 is 58.5. The lowest BCUT2D eigenvalue weighted by atomic mass is 10.2. The van der Waals surface area contributed by atoms with Crippen LogP contribution in [0.4, 0.5) is 33.7 Å². The van der Waals surface area contributed by atoms with Gasteiger partial charge in [-0.3, -0.25) is 14.6 Å². The van der Waals surface area contributed by atoms with E-state index in [1.807, 2.05) is 18.2 Å². The number of benzene rings is 3. The zero-order valence-electron chi connectivity index (χ0n) is 21.3. The highest BCUT2D eigenvalue weighted by Gasteiger charge is 2.33. The Bertz CT molecular complexity index is 1590. The number of nitrogens with two attached hydrogens (primary N) is 1. The largest absolute Gasteiger partial charge is 0.481 e. The van der Waals surface area contributed by atoms with Crippen LogP contribution >= 0.6 is 11.6 Å². The van der Waals surface area contributed by atoms with Gasteiger partial charge in [0.25, 0.3) is 5.91 Å². The molecule has 218 valence electrons. The van der Waals surface area contributed by atoms with Crippen molar-refractivity contribution in [1.29, 1.82) is 0 Å². The summed E-state index contributed by atoms with van der Waals surface area (Å²) in [6, 6.07) is 17.1. The van der Waals surface area contributed by atoms with Gasteiger partial charge in [-0.2, -0.15) is 13.2 Å². The fourth-order valence-electron chi connectivity index (χ4n) is 3.28. The molecule has 0 saturated heterocycles. The number of carbonyl (C=O) groups is 3. The first-order chi connectivity index (χ1) is 19.8. The molecule has 0 unspecified atom stereocenters. The van der Waals surface area contributed by atoms with Gasteiger partial charge in [0.05, 0.1) is 22.7 Å². The molecule has 1 heterocycles. The zero-order chi connectivity index (χ0) is 30.9. The number of carboxylic acid groups (broad SMARTS) is 1. The summed E-state index contributed by atoms with van der Waals surface area (Å²) in [6.07, 6.45) is -3.31. The minimum absolute atomic E-state index is 0.0441. The SMILES string of the molecule is NC(=O)c1cc(Oc2ccc(NC(=O)Nc3ccc(Cl)c(C(F)(F)F)c3)c(F)c2)ccn1.O=C(O)Cc1ccccc1. The number of rotatable bonds is 7. The number of nitrogens with zero attached hydrogens (tertiary/aromatic N) is 1. The molecule has 0 radical (unpaired) electrons. The van der Waals surface area contributed by atoms with E-state index < -0.39 is 40.5 Å². The maximum absolute atomic E-state index is 14.4. The van der Waals surface area contributed by atoms with Gasteiger partial charge in [-0.05, 0) is 42.0 Å². The molecule has 42 heavy (non-hydrogen) atoms. The summed E-state index contributed by atoms with van der Waals surface area (Å²) in [4.78, 5) is 37.1. The number of hydrogen-bond donors (Lipinski definition) is 4. The normalized spacial score (nSPS) is 10.6. The second kappa shape index (κ2) is 13.9. The Morgan fingerprint density at radius 2 is 1.62 bits per heavy atom. The number of amides is 3. The quantitative estimate of drug-likeness (QED) is 0.172. The van der Waals surface area contributed by atoms with E-state index in [1.54, 1.807) is 12.1 Å². The van der Waals surface area contributed by atoms with Gasteiger partial charge in [0.2, 0.25) is 0 Å². The number of halogens is 5. The smallest absolute Gasteiger partial charge is 0.417 e. The van der Waals surface area contributed by atoms with Gasteiger partial charge in [-0.15, -0.1) is 0 Å². The van der Waals surface area contributed by atoms with E-state index >= 15 is 0 Å². The summed E-state index contributed by atoms with van der Waals surface area (Å²) in [5.74, 6) is -2.21. The predicted octanol–water partition coefficient (Wildman–Crippen LogP) is 6.74. The number of hydrogen-bond acceptors (Lipinski definition) is 5. The maximum atomic E-state index is 14.4. The first kappa shape index (κ1) is 31.4. The summed E-state index contributed by atoms with van der Waals surface area (Å²) >= 11 is 5.53. The number of aliphatic carboxylic acids is 1.